The van der Waals surface area contributed by atoms with E-state index < -0.39 is 17.7 Å². The van der Waals surface area contributed by atoms with Gasteiger partial charge in [-0.1, -0.05) is 42.5 Å². The molecule has 5 rings (SSSR count). The molecule has 1 N–H and O–H groups in total. The number of methoxy groups -OCH3 is 1. The third-order valence-electron chi connectivity index (χ3n) is 6.32. The molecule has 1 amide bonds. The van der Waals surface area contributed by atoms with Gasteiger partial charge < -0.3 is 19.3 Å². The van der Waals surface area contributed by atoms with E-state index in [2.05, 4.69) is 4.98 Å². The highest BCUT2D eigenvalue weighted by atomic mass is 32.1. The number of carbonyl (C=O) groups is 2. The number of ether oxygens (including phenoxy) is 3. The molecular weight excluding hydrogens is 516 g/mol. The number of aromatic nitrogens is 1. The van der Waals surface area contributed by atoms with Crippen LogP contribution in [0.4, 0.5) is 5.13 Å². The van der Waals surface area contributed by atoms with Crippen molar-refractivity contribution in [1.82, 2.24) is 4.98 Å². The summed E-state index contributed by atoms with van der Waals surface area (Å²) in [4.78, 5) is 33.1. The molecule has 200 valence electrons. The minimum absolute atomic E-state index is 0.0206. The molecule has 0 bridgehead atoms. The van der Waals surface area contributed by atoms with Gasteiger partial charge in [0.05, 0.1) is 42.2 Å². The molecule has 39 heavy (non-hydrogen) atoms. The van der Waals surface area contributed by atoms with Crippen LogP contribution >= 0.6 is 11.3 Å². The summed E-state index contributed by atoms with van der Waals surface area (Å²) in [5.41, 5.74) is 1.66. The highest BCUT2D eigenvalue weighted by Crippen LogP contribution is 2.45. The molecular formula is C30H28N2O6S. The number of aliphatic hydroxyl groups is 1. The largest absolute Gasteiger partial charge is 0.507 e. The number of hydrogen-bond acceptors (Lipinski definition) is 8. The summed E-state index contributed by atoms with van der Waals surface area (Å²) < 4.78 is 17.4. The highest BCUT2D eigenvalue weighted by Gasteiger charge is 2.48. The molecule has 8 nitrogen and oxygen atoms in total. The third-order valence-corrected chi connectivity index (χ3v) is 7.34. The fourth-order valence-electron chi connectivity index (χ4n) is 4.49. The maximum atomic E-state index is 13.5. The molecule has 4 aromatic rings. The number of benzene rings is 3. The van der Waals surface area contributed by atoms with Gasteiger partial charge in [-0.2, -0.15) is 0 Å². The molecule has 0 radical (unpaired) electrons. The van der Waals surface area contributed by atoms with Crippen molar-refractivity contribution in [2.75, 3.05) is 25.2 Å². The standard InChI is InChI=1S/C30H28N2O6S/c1-4-15-38-20-11-9-18(10-12-20)26-25(27(33)19-7-6-8-22(16-19)37-5-2)28(34)29(35)32(26)30-31-23-14-13-21(36-3)17-24(23)39-30/h6-14,16-17,26,33H,4-5,15H2,1-3H3/b27-25+. The van der Waals surface area contributed by atoms with Crippen LogP contribution in [0.5, 0.6) is 17.2 Å². The van der Waals surface area contributed by atoms with Gasteiger partial charge in [0, 0.05) is 5.56 Å². The zero-order chi connectivity index (χ0) is 27.5. The summed E-state index contributed by atoms with van der Waals surface area (Å²) in [6.45, 7) is 4.90. The summed E-state index contributed by atoms with van der Waals surface area (Å²) >= 11 is 1.27. The van der Waals surface area contributed by atoms with Gasteiger partial charge in [0.2, 0.25) is 0 Å². The number of nitrogens with zero attached hydrogens (tertiary/aromatic N) is 2. The predicted molar refractivity (Wildman–Crippen MR) is 151 cm³/mol. The topological polar surface area (TPSA) is 98.2 Å². The quantitative estimate of drug-likeness (QED) is 0.154. The molecule has 3 aromatic carbocycles. The summed E-state index contributed by atoms with van der Waals surface area (Å²) in [6, 6.07) is 18.5. The second-order valence-electron chi connectivity index (χ2n) is 8.88. The molecule has 9 heteroatoms. The fraction of sp³-hybridized carbons (Fsp3) is 0.233. The average Bonchev–Trinajstić information content (AvgIpc) is 3.49. The van der Waals surface area contributed by atoms with E-state index >= 15 is 0 Å². The molecule has 1 aliphatic rings. The van der Waals surface area contributed by atoms with E-state index in [1.807, 2.05) is 19.9 Å². The van der Waals surface area contributed by atoms with Crippen LogP contribution in [0.15, 0.2) is 72.3 Å². The summed E-state index contributed by atoms with van der Waals surface area (Å²) in [7, 11) is 1.58. The van der Waals surface area contributed by atoms with Gasteiger partial charge in [-0.05, 0) is 61.4 Å². The molecule has 1 unspecified atom stereocenters. The Morgan fingerprint density at radius 3 is 2.46 bits per heavy atom. The number of rotatable bonds is 9. The molecule has 1 aliphatic heterocycles. The Morgan fingerprint density at radius 1 is 0.974 bits per heavy atom. The Morgan fingerprint density at radius 2 is 1.74 bits per heavy atom. The number of anilines is 1. The van der Waals surface area contributed by atoms with Crippen molar-refractivity contribution in [3.05, 3.63) is 83.4 Å². The Balaban J connectivity index is 1.66. The number of Topliss-reactive ketones (excluding diaryl/α,β-unsaturated/α-hetero) is 1. The zero-order valence-corrected chi connectivity index (χ0v) is 22.7. The summed E-state index contributed by atoms with van der Waals surface area (Å²) in [5.74, 6) is 0.0471. The Kier molecular flexibility index (Phi) is 7.51. The van der Waals surface area contributed by atoms with Gasteiger partial charge in [-0.25, -0.2) is 4.98 Å². The lowest BCUT2D eigenvalue weighted by Gasteiger charge is -2.23. The number of thiazole rings is 1. The summed E-state index contributed by atoms with van der Waals surface area (Å²) in [6.07, 6.45) is 0.866. The normalized spacial score (nSPS) is 16.6. The van der Waals surface area contributed by atoms with E-state index in [-0.39, 0.29) is 11.3 Å². The Labute approximate surface area is 230 Å². The maximum absolute atomic E-state index is 13.5. The molecule has 0 aliphatic carbocycles. The second kappa shape index (κ2) is 11.2. The first kappa shape index (κ1) is 26.2. The van der Waals surface area contributed by atoms with Crippen LogP contribution in [0.25, 0.3) is 16.0 Å². The number of ketones is 1. The van der Waals surface area contributed by atoms with Crippen molar-refractivity contribution in [2.24, 2.45) is 0 Å². The molecule has 1 fully saturated rings. The first-order valence-electron chi connectivity index (χ1n) is 12.7. The van der Waals surface area contributed by atoms with Gasteiger partial charge in [-0.3, -0.25) is 14.5 Å². The van der Waals surface area contributed by atoms with E-state index in [0.29, 0.717) is 52.2 Å². The lowest BCUT2D eigenvalue weighted by atomic mass is 9.95. The monoisotopic (exact) mass is 544 g/mol. The van der Waals surface area contributed by atoms with Gasteiger partial charge in [0.25, 0.3) is 5.78 Å². The molecule has 1 saturated heterocycles. The van der Waals surface area contributed by atoms with E-state index in [9.17, 15) is 14.7 Å². The SMILES string of the molecule is CCCOc1ccc(C2/C(=C(\O)c3cccc(OCC)c3)C(=O)C(=O)N2c2nc3ccc(OC)cc3s2)cc1. The minimum atomic E-state index is -0.900. The number of carbonyl (C=O) groups excluding carboxylic acids is 2. The van der Waals surface area contributed by atoms with Crippen LogP contribution < -0.4 is 19.1 Å². The summed E-state index contributed by atoms with van der Waals surface area (Å²) in [5, 5.41) is 11.8. The third kappa shape index (κ3) is 5.05. The van der Waals surface area contributed by atoms with Crippen LogP contribution in [0.2, 0.25) is 0 Å². The lowest BCUT2D eigenvalue weighted by molar-refractivity contribution is -0.132. The molecule has 1 aromatic heterocycles. The van der Waals surface area contributed by atoms with Crippen LogP contribution in [0.1, 0.15) is 37.4 Å². The van der Waals surface area contributed by atoms with Crippen molar-refractivity contribution < 1.29 is 28.9 Å². The van der Waals surface area contributed by atoms with Crippen molar-refractivity contribution in [3.8, 4) is 17.2 Å². The van der Waals surface area contributed by atoms with Crippen molar-refractivity contribution in [2.45, 2.75) is 26.3 Å². The highest BCUT2D eigenvalue weighted by molar-refractivity contribution is 7.22. The van der Waals surface area contributed by atoms with Crippen LogP contribution in [-0.4, -0.2) is 42.1 Å². The van der Waals surface area contributed by atoms with E-state index in [1.165, 1.54) is 16.2 Å². The zero-order valence-electron chi connectivity index (χ0n) is 21.8. The minimum Gasteiger partial charge on any atom is -0.507 e. The van der Waals surface area contributed by atoms with Crippen LogP contribution in [0, 0.1) is 0 Å². The number of aliphatic hydroxyl groups excluding tert-OH is 1. The molecule has 0 saturated carbocycles. The molecule has 1 atom stereocenters. The van der Waals surface area contributed by atoms with Crippen molar-refractivity contribution in [1.29, 1.82) is 0 Å². The van der Waals surface area contributed by atoms with Gasteiger partial charge in [-0.15, -0.1) is 0 Å². The maximum Gasteiger partial charge on any atom is 0.301 e. The number of amides is 1. The Bertz CT molecular complexity index is 1560. The van der Waals surface area contributed by atoms with Gasteiger partial charge in [0.15, 0.2) is 5.13 Å². The second-order valence-corrected chi connectivity index (χ2v) is 9.89. The number of fused-ring (bicyclic) bond motifs is 1. The predicted octanol–water partition coefficient (Wildman–Crippen LogP) is 6.12. The van der Waals surface area contributed by atoms with Crippen LogP contribution in [0.3, 0.4) is 0 Å². The fourth-order valence-corrected chi connectivity index (χ4v) is 5.51. The van der Waals surface area contributed by atoms with Gasteiger partial charge >= 0.3 is 5.91 Å². The first-order chi connectivity index (χ1) is 18.9. The van der Waals surface area contributed by atoms with Crippen LogP contribution in [-0.2, 0) is 9.59 Å². The molecule has 2 heterocycles. The van der Waals surface area contributed by atoms with E-state index in [4.69, 9.17) is 14.2 Å². The van der Waals surface area contributed by atoms with Crippen molar-refractivity contribution in [3.63, 3.8) is 0 Å². The smallest absolute Gasteiger partial charge is 0.301 e. The van der Waals surface area contributed by atoms with E-state index in [0.717, 1.165) is 11.1 Å². The first-order valence-corrected chi connectivity index (χ1v) is 13.5. The Hall–Kier alpha value is -4.37. The van der Waals surface area contributed by atoms with Gasteiger partial charge in [0.1, 0.15) is 23.0 Å². The van der Waals surface area contributed by atoms with Crippen molar-refractivity contribution >= 4 is 44.1 Å². The average molecular weight is 545 g/mol. The number of hydrogen-bond donors (Lipinski definition) is 1. The molecule has 0 spiro atoms. The lowest BCUT2D eigenvalue weighted by Crippen LogP contribution is -2.29. The van der Waals surface area contributed by atoms with E-state index in [1.54, 1.807) is 67.8 Å².